The van der Waals surface area contributed by atoms with Crippen molar-refractivity contribution in [2.45, 2.75) is 52.1 Å². The Labute approximate surface area is 130 Å². The summed E-state index contributed by atoms with van der Waals surface area (Å²) in [4.78, 5) is 28.0. The maximum atomic E-state index is 11.7. The molecule has 1 aromatic carbocycles. The van der Waals surface area contributed by atoms with Gasteiger partial charge in [0.25, 0.3) is 0 Å². The normalized spacial score (nSPS) is 11.5. The predicted molar refractivity (Wildman–Crippen MR) is 81.4 cm³/mol. The van der Waals surface area contributed by atoms with Crippen LogP contribution in [0.15, 0.2) is 24.3 Å². The molecular weight excluding hydrogens is 286 g/mol. The van der Waals surface area contributed by atoms with Crippen LogP contribution in [0.25, 0.3) is 0 Å². The highest BCUT2D eigenvalue weighted by Crippen LogP contribution is 2.16. The molecule has 22 heavy (non-hydrogen) atoms. The molecule has 0 saturated carbocycles. The number of amides is 1. The third kappa shape index (κ3) is 6.03. The molecule has 1 rings (SSSR count). The van der Waals surface area contributed by atoms with E-state index in [1.54, 1.807) is 12.1 Å². The quantitative estimate of drug-likeness (QED) is 0.752. The second kappa shape index (κ2) is 9.65. The maximum absolute atomic E-state index is 11.7. The van der Waals surface area contributed by atoms with Crippen molar-refractivity contribution in [1.82, 2.24) is 5.48 Å². The average molecular weight is 309 g/mol. The van der Waals surface area contributed by atoms with Crippen molar-refractivity contribution in [3.05, 3.63) is 29.8 Å². The number of carbonyl (C=O) groups excluding carboxylic acids is 2. The van der Waals surface area contributed by atoms with Gasteiger partial charge in [-0.25, -0.2) is 9.59 Å². The SMILES string of the molecule is CCCCC(CCC)OC(=O)NOC(=O)c1ccccc1O. The van der Waals surface area contributed by atoms with Crippen LogP contribution in [-0.4, -0.2) is 23.3 Å². The smallest absolute Gasteiger partial charge is 0.440 e. The number of hydroxylamine groups is 1. The highest BCUT2D eigenvalue weighted by atomic mass is 16.7. The molecule has 0 radical (unpaired) electrons. The van der Waals surface area contributed by atoms with E-state index in [9.17, 15) is 14.7 Å². The Hall–Kier alpha value is -2.24. The first-order valence-corrected chi connectivity index (χ1v) is 7.54. The average Bonchev–Trinajstić information content (AvgIpc) is 2.51. The Morgan fingerprint density at radius 3 is 2.55 bits per heavy atom. The highest BCUT2D eigenvalue weighted by molar-refractivity contribution is 5.92. The molecule has 0 saturated heterocycles. The fourth-order valence-electron chi connectivity index (χ4n) is 1.98. The van der Waals surface area contributed by atoms with Crippen LogP contribution in [0, 0.1) is 0 Å². The minimum atomic E-state index is -0.851. The predicted octanol–water partition coefficient (Wildman–Crippen LogP) is 3.55. The van der Waals surface area contributed by atoms with Crippen molar-refractivity contribution in [2.24, 2.45) is 0 Å². The standard InChI is InChI=1S/C16H23NO5/c1-3-5-9-12(8-4-2)21-16(20)17-22-15(19)13-10-6-7-11-14(13)18/h6-7,10-12,18H,3-5,8-9H2,1-2H3,(H,17,20). The molecule has 1 aromatic rings. The third-order valence-electron chi connectivity index (χ3n) is 3.12. The summed E-state index contributed by atoms with van der Waals surface area (Å²) in [6, 6.07) is 5.91. The topological polar surface area (TPSA) is 84.9 Å². The first-order valence-electron chi connectivity index (χ1n) is 7.54. The molecule has 6 nitrogen and oxygen atoms in total. The van der Waals surface area contributed by atoms with Crippen molar-refractivity contribution in [3.8, 4) is 5.75 Å². The number of hydrogen-bond acceptors (Lipinski definition) is 5. The van der Waals surface area contributed by atoms with Gasteiger partial charge in [0, 0.05) is 0 Å². The Bertz CT molecular complexity index is 489. The number of nitrogens with one attached hydrogen (secondary N) is 1. The molecule has 6 heteroatoms. The highest BCUT2D eigenvalue weighted by Gasteiger charge is 2.17. The molecule has 0 fully saturated rings. The summed E-state index contributed by atoms with van der Waals surface area (Å²) >= 11 is 0. The monoisotopic (exact) mass is 309 g/mol. The summed E-state index contributed by atoms with van der Waals surface area (Å²) in [5.41, 5.74) is 1.92. The summed E-state index contributed by atoms with van der Waals surface area (Å²) < 4.78 is 5.22. The van der Waals surface area contributed by atoms with Crippen LogP contribution in [0.1, 0.15) is 56.3 Å². The van der Waals surface area contributed by atoms with Crippen molar-refractivity contribution < 1.29 is 24.3 Å². The van der Waals surface area contributed by atoms with Gasteiger partial charge in [-0.3, -0.25) is 0 Å². The second-order valence-electron chi connectivity index (χ2n) is 4.97. The Morgan fingerprint density at radius 1 is 1.18 bits per heavy atom. The zero-order valence-corrected chi connectivity index (χ0v) is 13.0. The van der Waals surface area contributed by atoms with Crippen LogP contribution in [-0.2, 0) is 9.57 Å². The van der Waals surface area contributed by atoms with Crippen molar-refractivity contribution in [3.63, 3.8) is 0 Å². The van der Waals surface area contributed by atoms with E-state index >= 15 is 0 Å². The number of para-hydroxylation sites is 1. The van der Waals surface area contributed by atoms with E-state index in [2.05, 4.69) is 11.8 Å². The Balaban J connectivity index is 2.44. The van der Waals surface area contributed by atoms with Crippen LogP contribution in [0.5, 0.6) is 5.75 Å². The lowest BCUT2D eigenvalue weighted by atomic mass is 10.1. The molecule has 0 aromatic heterocycles. The summed E-state index contributed by atoms with van der Waals surface area (Å²) in [6.07, 6.45) is 3.45. The number of hydrogen-bond donors (Lipinski definition) is 2. The Morgan fingerprint density at radius 2 is 1.91 bits per heavy atom. The van der Waals surface area contributed by atoms with Crippen LogP contribution in [0.4, 0.5) is 4.79 Å². The number of phenolic OH excluding ortho intramolecular Hbond substituents is 1. The number of carbonyl (C=O) groups is 2. The lowest BCUT2D eigenvalue weighted by Gasteiger charge is -2.17. The van der Waals surface area contributed by atoms with Gasteiger partial charge in [-0.15, -0.1) is 5.48 Å². The number of aromatic hydroxyl groups is 1. The summed E-state index contributed by atoms with van der Waals surface area (Å²) in [5, 5.41) is 9.51. The third-order valence-corrected chi connectivity index (χ3v) is 3.12. The summed E-state index contributed by atoms with van der Waals surface area (Å²) in [7, 11) is 0. The van der Waals surface area contributed by atoms with Gasteiger partial charge in [0.2, 0.25) is 0 Å². The molecule has 0 aliphatic heterocycles. The van der Waals surface area contributed by atoms with Gasteiger partial charge >= 0.3 is 12.1 Å². The maximum Gasteiger partial charge on any atom is 0.440 e. The number of ether oxygens (including phenoxy) is 1. The number of rotatable bonds is 7. The second-order valence-corrected chi connectivity index (χ2v) is 4.97. The number of phenols is 1. The number of unbranched alkanes of at least 4 members (excludes halogenated alkanes) is 1. The lowest BCUT2D eigenvalue weighted by molar-refractivity contribution is 0.0101. The van der Waals surface area contributed by atoms with Crippen molar-refractivity contribution in [1.29, 1.82) is 0 Å². The van der Waals surface area contributed by atoms with Crippen LogP contribution >= 0.6 is 0 Å². The van der Waals surface area contributed by atoms with Crippen LogP contribution in [0.3, 0.4) is 0 Å². The first kappa shape index (κ1) is 17.8. The van der Waals surface area contributed by atoms with Gasteiger partial charge in [-0.1, -0.05) is 45.2 Å². The van der Waals surface area contributed by atoms with Gasteiger partial charge in [-0.2, -0.15) is 0 Å². The summed E-state index contributed by atoms with van der Waals surface area (Å²) in [5.74, 6) is -1.06. The van der Waals surface area contributed by atoms with Gasteiger partial charge < -0.3 is 14.7 Å². The van der Waals surface area contributed by atoms with E-state index < -0.39 is 12.1 Å². The minimum absolute atomic E-state index is 0.0288. The molecular formula is C16H23NO5. The molecule has 1 amide bonds. The van der Waals surface area contributed by atoms with Crippen LogP contribution < -0.4 is 5.48 Å². The van der Waals surface area contributed by atoms with E-state index in [-0.39, 0.29) is 17.4 Å². The number of benzene rings is 1. The molecule has 2 N–H and O–H groups in total. The largest absolute Gasteiger partial charge is 0.507 e. The molecule has 0 aliphatic rings. The minimum Gasteiger partial charge on any atom is -0.507 e. The molecule has 1 unspecified atom stereocenters. The lowest BCUT2D eigenvalue weighted by Crippen LogP contribution is -2.31. The van der Waals surface area contributed by atoms with E-state index in [1.807, 2.05) is 12.4 Å². The first-order chi connectivity index (χ1) is 10.6. The summed E-state index contributed by atoms with van der Waals surface area (Å²) in [6.45, 7) is 4.08. The molecule has 1 atom stereocenters. The molecule has 122 valence electrons. The van der Waals surface area contributed by atoms with Crippen LogP contribution in [0.2, 0.25) is 0 Å². The molecule has 0 heterocycles. The van der Waals surface area contributed by atoms with Gasteiger partial charge in [-0.05, 0) is 25.0 Å². The molecule has 0 bridgehead atoms. The van der Waals surface area contributed by atoms with E-state index in [4.69, 9.17) is 4.74 Å². The van der Waals surface area contributed by atoms with Crippen molar-refractivity contribution >= 4 is 12.1 Å². The van der Waals surface area contributed by atoms with E-state index in [1.165, 1.54) is 12.1 Å². The fourth-order valence-corrected chi connectivity index (χ4v) is 1.98. The van der Waals surface area contributed by atoms with E-state index in [0.717, 1.165) is 32.1 Å². The Kier molecular flexibility index (Phi) is 7.81. The molecule has 0 aliphatic carbocycles. The fraction of sp³-hybridized carbons (Fsp3) is 0.500. The van der Waals surface area contributed by atoms with Gasteiger partial charge in [0.15, 0.2) is 0 Å². The van der Waals surface area contributed by atoms with Crippen molar-refractivity contribution in [2.75, 3.05) is 0 Å². The van der Waals surface area contributed by atoms with Gasteiger partial charge in [0.1, 0.15) is 17.4 Å². The van der Waals surface area contributed by atoms with Gasteiger partial charge in [0.05, 0.1) is 0 Å². The molecule has 0 spiro atoms. The zero-order valence-electron chi connectivity index (χ0n) is 13.0. The van der Waals surface area contributed by atoms with E-state index in [0.29, 0.717) is 0 Å². The zero-order chi connectivity index (χ0) is 16.4.